The van der Waals surface area contributed by atoms with Crippen molar-refractivity contribution >= 4 is 15.9 Å². The lowest BCUT2D eigenvalue weighted by atomic mass is 10.3. The minimum atomic E-state index is 0.186. The average molecular weight is 315 g/mol. The quantitative estimate of drug-likeness (QED) is 0.848. The Kier molecular flexibility index (Phi) is 4.13. The van der Waals surface area contributed by atoms with Gasteiger partial charge in [-0.05, 0) is 29.3 Å². The molecule has 0 aliphatic rings. The summed E-state index contributed by atoms with van der Waals surface area (Å²) in [5, 5.41) is 8.08. The van der Waals surface area contributed by atoms with E-state index in [1.165, 1.54) is 0 Å². The molecule has 0 aliphatic heterocycles. The summed E-state index contributed by atoms with van der Waals surface area (Å²) < 4.78 is 13.1. The SMILES string of the molecule is CCC(C)OCc1nc(-c2cc(Br)nn2C)no1. The first-order chi connectivity index (χ1) is 8.60. The van der Waals surface area contributed by atoms with E-state index in [2.05, 4.69) is 38.1 Å². The standard InChI is InChI=1S/C11H15BrN4O2/c1-4-7(2)17-6-10-13-11(15-18-10)8-5-9(12)14-16(8)3/h5,7H,4,6H2,1-3H3. The van der Waals surface area contributed by atoms with Crippen molar-refractivity contribution < 1.29 is 9.26 Å². The van der Waals surface area contributed by atoms with E-state index in [0.29, 0.717) is 18.3 Å². The van der Waals surface area contributed by atoms with Gasteiger partial charge in [-0.25, -0.2) is 0 Å². The van der Waals surface area contributed by atoms with Crippen molar-refractivity contribution in [2.75, 3.05) is 0 Å². The molecule has 0 saturated heterocycles. The van der Waals surface area contributed by atoms with Gasteiger partial charge in [-0.2, -0.15) is 10.1 Å². The molecule has 18 heavy (non-hydrogen) atoms. The van der Waals surface area contributed by atoms with Crippen LogP contribution in [0.3, 0.4) is 0 Å². The van der Waals surface area contributed by atoms with Gasteiger partial charge in [0.25, 0.3) is 5.89 Å². The average Bonchev–Trinajstić information content (AvgIpc) is 2.92. The maximum absolute atomic E-state index is 5.53. The summed E-state index contributed by atoms with van der Waals surface area (Å²) in [7, 11) is 1.83. The monoisotopic (exact) mass is 314 g/mol. The van der Waals surface area contributed by atoms with Crippen molar-refractivity contribution in [3.63, 3.8) is 0 Å². The Morgan fingerprint density at radius 1 is 1.56 bits per heavy atom. The molecule has 0 spiro atoms. The predicted molar refractivity (Wildman–Crippen MR) is 68.7 cm³/mol. The van der Waals surface area contributed by atoms with Crippen LogP contribution in [0.5, 0.6) is 0 Å². The van der Waals surface area contributed by atoms with Crippen LogP contribution in [0.15, 0.2) is 15.2 Å². The van der Waals surface area contributed by atoms with Crippen molar-refractivity contribution in [2.45, 2.75) is 33.0 Å². The molecule has 1 unspecified atom stereocenters. The van der Waals surface area contributed by atoms with Crippen LogP contribution >= 0.6 is 15.9 Å². The van der Waals surface area contributed by atoms with Crippen molar-refractivity contribution in [2.24, 2.45) is 7.05 Å². The number of halogens is 1. The highest BCUT2D eigenvalue weighted by atomic mass is 79.9. The molecule has 2 aromatic heterocycles. The predicted octanol–water partition coefficient (Wildman–Crippen LogP) is 2.55. The molecule has 0 bridgehead atoms. The van der Waals surface area contributed by atoms with E-state index in [-0.39, 0.29) is 6.10 Å². The lowest BCUT2D eigenvalue weighted by Crippen LogP contribution is -2.06. The number of rotatable bonds is 5. The normalized spacial score (nSPS) is 12.9. The fourth-order valence-electron chi connectivity index (χ4n) is 1.39. The molecule has 6 nitrogen and oxygen atoms in total. The van der Waals surface area contributed by atoms with Gasteiger partial charge in [-0.15, -0.1) is 0 Å². The summed E-state index contributed by atoms with van der Waals surface area (Å²) in [6.07, 6.45) is 1.14. The Morgan fingerprint density at radius 2 is 2.33 bits per heavy atom. The van der Waals surface area contributed by atoms with E-state index in [0.717, 1.165) is 16.7 Å². The third-order valence-corrected chi connectivity index (χ3v) is 3.00. The smallest absolute Gasteiger partial charge is 0.253 e. The molecule has 0 amide bonds. The molecule has 0 saturated carbocycles. The van der Waals surface area contributed by atoms with Crippen LogP contribution in [-0.2, 0) is 18.4 Å². The highest BCUT2D eigenvalue weighted by Crippen LogP contribution is 2.19. The molecule has 2 rings (SSSR count). The maximum Gasteiger partial charge on any atom is 0.253 e. The Labute approximate surface area is 113 Å². The first-order valence-corrected chi connectivity index (χ1v) is 6.53. The van der Waals surface area contributed by atoms with Gasteiger partial charge in [0.05, 0.1) is 6.10 Å². The second kappa shape index (κ2) is 5.62. The molecule has 2 aromatic rings. The Balaban J connectivity index is 2.08. The second-order valence-electron chi connectivity index (χ2n) is 4.02. The first kappa shape index (κ1) is 13.2. The van der Waals surface area contributed by atoms with Crippen molar-refractivity contribution in [1.82, 2.24) is 19.9 Å². The number of aryl methyl sites for hydroxylation is 1. The summed E-state index contributed by atoms with van der Waals surface area (Å²) in [5.74, 6) is 0.987. The lowest BCUT2D eigenvalue weighted by molar-refractivity contribution is 0.0352. The van der Waals surface area contributed by atoms with Gasteiger partial charge in [0, 0.05) is 13.1 Å². The summed E-state index contributed by atoms with van der Waals surface area (Å²) in [4.78, 5) is 4.28. The summed E-state index contributed by atoms with van der Waals surface area (Å²) in [6, 6.07) is 1.84. The van der Waals surface area contributed by atoms with Crippen LogP contribution in [0.2, 0.25) is 0 Å². The number of hydrogen-bond donors (Lipinski definition) is 0. The number of ether oxygens (including phenoxy) is 1. The van der Waals surface area contributed by atoms with E-state index < -0.39 is 0 Å². The Morgan fingerprint density at radius 3 is 2.94 bits per heavy atom. The van der Waals surface area contributed by atoms with Crippen LogP contribution in [-0.4, -0.2) is 26.0 Å². The van der Waals surface area contributed by atoms with E-state index in [1.54, 1.807) is 4.68 Å². The fraction of sp³-hybridized carbons (Fsp3) is 0.545. The molecule has 0 aliphatic carbocycles. The maximum atomic E-state index is 5.53. The molecule has 0 N–H and O–H groups in total. The third kappa shape index (κ3) is 2.97. The van der Waals surface area contributed by atoms with Crippen LogP contribution in [0.1, 0.15) is 26.2 Å². The number of aromatic nitrogens is 4. The second-order valence-corrected chi connectivity index (χ2v) is 4.83. The molecule has 0 fully saturated rings. The lowest BCUT2D eigenvalue weighted by Gasteiger charge is -2.06. The molecule has 2 heterocycles. The van der Waals surface area contributed by atoms with E-state index in [4.69, 9.17) is 9.26 Å². The topological polar surface area (TPSA) is 66.0 Å². The largest absolute Gasteiger partial charge is 0.369 e. The minimum absolute atomic E-state index is 0.186. The molecular formula is C11H15BrN4O2. The van der Waals surface area contributed by atoms with Crippen LogP contribution in [0, 0.1) is 0 Å². The highest BCUT2D eigenvalue weighted by molar-refractivity contribution is 9.10. The van der Waals surface area contributed by atoms with E-state index >= 15 is 0 Å². The molecule has 98 valence electrons. The minimum Gasteiger partial charge on any atom is -0.369 e. The van der Waals surface area contributed by atoms with Crippen molar-refractivity contribution in [3.8, 4) is 11.5 Å². The Hall–Kier alpha value is -1.21. The molecule has 0 radical (unpaired) electrons. The van der Waals surface area contributed by atoms with Gasteiger partial charge < -0.3 is 9.26 Å². The van der Waals surface area contributed by atoms with Gasteiger partial charge in [0.2, 0.25) is 5.82 Å². The summed E-state index contributed by atoms with van der Waals surface area (Å²) in [5.41, 5.74) is 0.792. The molecule has 7 heteroatoms. The van der Waals surface area contributed by atoms with Gasteiger partial charge >= 0.3 is 0 Å². The summed E-state index contributed by atoms with van der Waals surface area (Å²) in [6.45, 7) is 4.41. The van der Waals surface area contributed by atoms with Gasteiger partial charge in [0.15, 0.2) is 0 Å². The number of nitrogens with zero attached hydrogens (tertiary/aromatic N) is 4. The zero-order chi connectivity index (χ0) is 13.1. The van der Waals surface area contributed by atoms with Gasteiger partial charge in [0.1, 0.15) is 16.9 Å². The van der Waals surface area contributed by atoms with Crippen molar-refractivity contribution in [3.05, 3.63) is 16.6 Å². The van der Waals surface area contributed by atoms with E-state index in [9.17, 15) is 0 Å². The Bertz CT molecular complexity index is 523. The zero-order valence-corrected chi connectivity index (χ0v) is 12.1. The third-order valence-electron chi connectivity index (χ3n) is 2.61. The summed E-state index contributed by atoms with van der Waals surface area (Å²) >= 11 is 3.30. The molecule has 1 atom stereocenters. The fourth-order valence-corrected chi connectivity index (χ4v) is 1.85. The number of hydrogen-bond acceptors (Lipinski definition) is 5. The van der Waals surface area contributed by atoms with Crippen LogP contribution in [0.25, 0.3) is 11.5 Å². The van der Waals surface area contributed by atoms with Gasteiger partial charge in [-0.1, -0.05) is 12.1 Å². The van der Waals surface area contributed by atoms with E-state index in [1.807, 2.05) is 20.0 Å². The molecule has 0 aromatic carbocycles. The highest BCUT2D eigenvalue weighted by Gasteiger charge is 2.14. The van der Waals surface area contributed by atoms with Crippen LogP contribution in [0.4, 0.5) is 0 Å². The molecular weight excluding hydrogens is 300 g/mol. The van der Waals surface area contributed by atoms with Crippen molar-refractivity contribution in [1.29, 1.82) is 0 Å². The zero-order valence-electron chi connectivity index (χ0n) is 10.6. The van der Waals surface area contributed by atoms with Gasteiger partial charge in [-0.3, -0.25) is 4.68 Å². The van der Waals surface area contributed by atoms with Crippen LogP contribution < -0.4 is 0 Å². The first-order valence-electron chi connectivity index (χ1n) is 5.74.